The van der Waals surface area contributed by atoms with Gasteiger partial charge < -0.3 is 4.90 Å². The Bertz CT molecular complexity index is 844. The predicted octanol–water partition coefficient (Wildman–Crippen LogP) is 2.31. The number of carbonyl (C=O) groups excluding carboxylic acids is 1. The van der Waals surface area contributed by atoms with Crippen LogP contribution in [0.5, 0.6) is 0 Å². The van der Waals surface area contributed by atoms with Gasteiger partial charge in [0.15, 0.2) is 9.84 Å². The summed E-state index contributed by atoms with van der Waals surface area (Å²) in [5, 5.41) is 0.905. The van der Waals surface area contributed by atoms with Gasteiger partial charge in [-0.25, -0.2) is 13.4 Å². The second kappa shape index (κ2) is 6.64. The van der Waals surface area contributed by atoms with E-state index < -0.39 is 9.84 Å². The number of thiazole rings is 1. The highest BCUT2D eigenvalue weighted by molar-refractivity contribution is 7.91. The van der Waals surface area contributed by atoms with Crippen molar-refractivity contribution in [3.63, 3.8) is 0 Å². The van der Waals surface area contributed by atoms with Crippen LogP contribution in [-0.4, -0.2) is 48.8 Å². The molecule has 2 aromatic rings. The minimum Gasteiger partial charge on any atom is -0.341 e. The number of aromatic nitrogens is 1. The van der Waals surface area contributed by atoms with Crippen LogP contribution in [0.3, 0.4) is 0 Å². The minimum absolute atomic E-state index is 0.0524. The summed E-state index contributed by atoms with van der Waals surface area (Å²) < 4.78 is 23.2. The first-order chi connectivity index (χ1) is 11.4. The number of sulfone groups is 1. The lowest BCUT2D eigenvalue weighted by molar-refractivity contribution is -0.130. The van der Waals surface area contributed by atoms with Gasteiger partial charge in [0, 0.05) is 23.5 Å². The highest BCUT2D eigenvalue weighted by Crippen LogP contribution is 2.28. The summed E-state index contributed by atoms with van der Waals surface area (Å²) in [4.78, 5) is 19.6. The van der Waals surface area contributed by atoms with E-state index >= 15 is 0 Å². The van der Waals surface area contributed by atoms with Gasteiger partial charge in [-0.1, -0.05) is 30.3 Å². The van der Waals surface area contributed by atoms with Crippen molar-refractivity contribution < 1.29 is 13.2 Å². The van der Waals surface area contributed by atoms with Crippen molar-refractivity contribution in [1.29, 1.82) is 0 Å². The normalized spacial score (nSPS) is 19.3. The first kappa shape index (κ1) is 17.1. The van der Waals surface area contributed by atoms with Gasteiger partial charge in [0.2, 0.25) is 5.91 Å². The number of hydrogen-bond acceptors (Lipinski definition) is 5. The molecule has 0 radical (unpaired) electrons. The van der Waals surface area contributed by atoms with Crippen LogP contribution in [0, 0.1) is 6.92 Å². The van der Waals surface area contributed by atoms with E-state index in [1.807, 2.05) is 37.3 Å². The first-order valence-electron chi connectivity index (χ1n) is 7.83. The van der Waals surface area contributed by atoms with Gasteiger partial charge in [-0.15, -0.1) is 11.3 Å². The summed E-state index contributed by atoms with van der Waals surface area (Å²) in [5.74, 6) is 0.197. The Morgan fingerprint density at radius 3 is 2.67 bits per heavy atom. The molecular weight excluding hydrogens is 344 g/mol. The number of carbonyl (C=O) groups is 1. The zero-order valence-electron chi connectivity index (χ0n) is 13.7. The number of hydrogen-bond donors (Lipinski definition) is 0. The number of aryl methyl sites for hydroxylation is 1. The molecule has 1 aromatic heterocycles. The molecule has 2 heterocycles. The maximum Gasteiger partial charge on any atom is 0.227 e. The van der Waals surface area contributed by atoms with Crippen molar-refractivity contribution >= 4 is 27.1 Å². The molecule has 0 saturated carbocycles. The van der Waals surface area contributed by atoms with Gasteiger partial charge >= 0.3 is 0 Å². The highest BCUT2D eigenvalue weighted by Gasteiger charge is 2.32. The summed E-state index contributed by atoms with van der Waals surface area (Å²) in [7, 11) is -1.29. The molecule has 7 heteroatoms. The zero-order chi connectivity index (χ0) is 17.3. The molecule has 5 nitrogen and oxygen atoms in total. The molecule has 3 rings (SSSR count). The highest BCUT2D eigenvalue weighted by atomic mass is 32.2. The molecule has 1 aromatic carbocycles. The van der Waals surface area contributed by atoms with Gasteiger partial charge in [0.1, 0.15) is 5.01 Å². The van der Waals surface area contributed by atoms with Crippen LogP contribution in [0.4, 0.5) is 0 Å². The average molecular weight is 364 g/mol. The lowest BCUT2D eigenvalue weighted by atomic mass is 10.2. The number of nitrogens with zero attached hydrogens (tertiary/aromatic N) is 2. The lowest BCUT2D eigenvalue weighted by Crippen LogP contribution is -2.38. The molecule has 24 heavy (non-hydrogen) atoms. The molecule has 0 N–H and O–H groups in total. The smallest absolute Gasteiger partial charge is 0.227 e. The SMILES string of the molecule is Cc1nc(-c2ccccc2)sc1CC(=O)N(C)C1CCS(=O)(=O)C1. The van der Waals surface area contributed by atoms with Gasteiger partial charge in [-0.3, -0.25) is 4.79 Å². The van der Waals surface area contributed by atoms with Crippen LogP contribution >= 0.6 is 11.3 Å². The largest absolute Gasteiger partial charge is 0.341 e. The fourth-order valence-corrected chi connectivity index (χ4v) is 5.68. The van der Waals surface area contributed by atoms with Crippen LogP contribution in [-0.2, 0) is 21.1 Å². The van der Waals surface area contributed by atoms with E-state index in [0.29, 0.717) is 6.42 Å². The second-order valence-electron chi connectivity index (χ2n) is 6.13. The summed E-state index contributed by atoms with van der Waals surface area (Å²) in [5.41, 5.74) is 1.90. The van der Waals surface area contributed by atoms with Crippen molar-refractivity contribution in [2.24, 2.45) is 0 Å². The maximum absolute atomic E-state index is 12.5. The van der Waals surface area contributed by atoms with Gasteiger partial charge in [-0.05, 0) is 13.3 Å². The molecule has 1 fully saturated rings. The molecule has 1 aliphatic rings. The predicted molar refractivity (Wildman–Crippen MR) is 95.8 cm³/mol. The third kappa shape index (κ3) is 3.67. The van der Waals surface area contributed by atoms with Crippen molar-refractivity contribution in [3.05, 3.63) is 40.9 Å². The molecule has 0 spiro atoms. The van der Waals surface area contributed by atoms with E-state index in [1.165, 1.54) is 11.3 Å². The Kier molecular flexibility index (Phi) is 4.73. The van der Waals surface area contributed by atoms with Crippen molar-refractivity contribution in [1.82, 2.24) is 9.88 Å². The van der Waals surface area contributed by atoms with E-state index in [9.17, 15) is 13.2 Å². The topological polar surface area (TPSA) is 67.3 Å². The fraction of sp³-hybridized carbons (Fsp3) is 0.412. The Balaban J connectivity index is 1.72. The van der Waals surface area contributed by atoms with E-state index in [-0.39, 0.29) is 29.9 Å². The lowest BCUT2D eigenvalue weighted by Gasteiger charge is -2.23. The van der Waals surface area contributed by atoms with Gasteiger partial charge in [0.05, 0.1) is 23.6 Å². The standard InChI is InChI=1S/C17H20N2O3S2/c1-12-15(23-17(18-12)13-6-4-3-5-7-13)10-16(20)19(2)14-8-9-24(21,22)11-14/h3-7,14H,8-11H2,1-2H3. The minimum atomic E-state index is -2.99. The van der Waals surface area contributed by atoms with E-state index in [4.69, 9.17) is 0 Å². The molecule has 128 valence electrons. The van der Waals surface area contributed by atoms with Crippen molar-refractivity contribution in [2.45, 2.75) is 25.8 Å². The Morgan fingerprint density at radius 2 is 2.04 bits per heavy atom. The summed E-state index contributed by atoms with van der Waals surface area (Å²) >= 11 is 1.52. The molecular formula is C17H20N2O3S2. The van der Waals surface area contributed by atoms with E-state index in [1.54, 1.807) is 11.9 Å². The van der Waals surface area contributed by atoms with Crippen LogP contribution in [0.25, 0.3) is 10.6 Å². The Labute approximate surface area is 146 Å². The van der Waals surface area contributed by atoms with Gasteiger partial charge in [0.25, 0.3) is 0 Å². The van der Waals surface area contributed by atoms with Crippen LogP contribution in [0.1, 0.15) is 17.0 Å². The first-order valence-corrected chi connectivity index (χ1v) is 10.5. The fourth-order valence-electron chi connectivity index (χ4n) is 2.84. The molecule has 0 bridgehead atoms. The Morgan fingerprint density at radius 1 is 1.33 bits per heavy atom. The van der Waals surface area contributed by atoms with Crippen LogP contribution in [0.15, 0.2) is 30.3 Å². The number of amides is 1. The second-order valence-corrected chi connectivity index (χ2v) is 9.44. The molecule has 1 amide bonds. The van der Waals surface area contributed by atoms with E-state index in [2.05, 4.69) is 4.98 Å². The molecule has 1 saturated heterocycles. The Hall–Kier alpha value is -1.73. The average Bonchev–Trinajstić information content (AvgIpc) is 3.10. The zero-order valence-corrected chi connectivity index (χ0v) is 15.4. The third-order valence-electron chi connectivity index (χ3n) is 4.37. The monoisotopic (exact) mass is 364 g/mol. The number of rotatable bonds is 4. The van der Waals surface area contributed by atoms with Crippen LogP contribution < -0.4 is 0 Å². The molecule has 0 aliphatic carbocycles. The summed E-state index contributed by atoms with van der Waals surface area (Å²) in [6, 6.07) is 9.68. The molecule has 1 unspecified atom stereocenters. The molecule has 1 aliphatic heterocycles. The van der Waals surface area contributed by atoms with Gasteiger partial charge in [-0.2, -0.15) is 0 Å². The third-order valence-corrected chi connectivity index (χ3v) is 7.33. The van der Waals surface area contributed by atoms with Crippen molar-refractivity contribution in [2.75, 3.05) is 18.6 Å². The molecule has 1 atom stereocenters. The number of benzene rings is 1. The maximum atomic E-state index is 12.5. The summed E-state index contributed by atoms with van der Waals surface area (Å²) in [6.45, 7) is 1.91. The number of likely N-dealkylation sites (N-methyl/N-ethyl adjacent to an activating group) is 1. The van der Waals surface area contributed by atoms with E-state index in [0.717, 1.165) is 21.1 Å². The van der Waals surface area contributed by atoms with Crippen LogP contribution in [0.2, 0.25) is 0 Å². The van der Waals surface area contributed by atoms with Crippen molar-refractivity contribution in [3.8, 4) is 10.6 Å². The quantitative estimate of drug-likeness (QED) is 0.835. The summed E-state index contributed by atoms with van der Waals surface area (Å²) in [6.07, 6.45) is 0.797.